The Hall–Kier alpha value is -2.09. The second-order valence-corrected chi connectivity index (χ2v) is 7.90. The summed E-state index contributed by atoms with van der Waals surface area (Å²) in [6, 6.07) is 7.27. The first kappa shape index (κ1) is 17.3. The molecule has 1 fully saturated rings. The van der Waals surface area contributed by atoms with E-state index >= 15 is 0 Å². The van der Waals surface area contributed by atoms with Gasteiger partial charge in [-0.1, -0.05) is 12.1 Å². The van der Waals surface area contributed by atoms with Crippen LogP contribution in [0.25, 0.3) is 0 Å². The van der Waals surface area contributed by atoms with Crippen molar-refractivity contribution in [3.8, 4) is 5.75 Å². The van der Waals surface area contributed by atoms with Gasteiger partial charge in [0.15, 0.2) is 16.4 Å². The van der Waals surface area contributed by atoms with E-state index in [-0.39, 0.29) is 30.5 Å². The molecule has 0 spiro atoms. The quantitative estimate of drug-likeness (QED) is 0.753. The Morgan fingerprint density at radius 1 is 1.26 bits per heavy atom. The molecule has 1 heterocycles. The zero-order valence-corrected chi connectivity index (χ0v) is 13.7. The van der Waals surface area contributed by atoms with E-state index in [0.29, 0.717) is 12.2 Å². The topological polar surface area (TPSA) is 102 Å². The maximum Gasteiger partial charge on any atom is 0.276 e. The Morgan fingerprint density at radius 3 is 2.65 bits per heavy atom. The minimum atomic E-state index is -3.00. The summed E-state index contributed by atoms with van der Waals surface area (Å²) in [6.07, 6.45) is 0.568. The van der Waals surface area contributed by atoms with E-state index in [9.17, 15) is 18.0 Å². The standard InChI is InChI=1S/C15H20N2O5S/c1-11-3-2-4-13(7-11)22-9-15(19)17-16-14(18)8-12-5-6-23(20,21)10-12/h2-4,7,12H,5-6,8-10H2,1H3,(H,16,18)(H,17,19)/t12-/m0/s1. The second kappa shape index (κ2) is 7.45. The van der Waals surface area contributed by atoms with Crippen molar-refractivity contribution in [3.05, 3.63) is 29.8 Å². The predicted octanol–water partition coefficient (Wildman–Crippen LogP) is 0.346. The fraction of sp³-hybridized carbons (Fsp3) is 0.467. The van der Waals surface area contributed by atoms with Crippen LogP contribution in [0.4, 0.5) is 0 Å². The third kappa shape index (κ3) is 5.90. The molecule has 7 nitrogen and oxygen atoms in total. The van der Waals surface area contributed by atoms with Crippen LogP contribution in [-0.4, -0.2) is 38.3 Å². The van der Waals surface area contributed by atoms with Gasteiger partial charge in [-0.25, -0.2) is 8.42 Å². The molecule has 0 unspecified atom stereocenters. The SMILES string of the molecule is Cc1cccc(OCC(=O)NNC(=O)C[C@@H]2CCS(=O)(=O)C2)c1. The predicted molar refractivity (Wildman–Crippen MR) is 84.3 cm³/mol. The Kier molecular flexibility index (Phi) is 5.59. The highest BCUT2D eigenvalue weighted by molar-refractivity contribution is 7.91. The van der Waals surface area contributed by atoms with Crippen molar-refractivity contribution >= 4 is 21.7 Å². The minimum absolute atomic E-state index is 0.0326. The first-order chi connectivity index (χ1) is 10.8. The molecule has 23 heavy (non-hydrogen) atoms. The van der Waals surface area contributed by atoms with Crippen LogP contribution in [0.3, 0.4) is 0 Å². The summed E-state index contributed by atoms with van der Waals surface area (Å²) < 4.78 is 27.9. The maximum atomic E-state index is 11.7. The highest BCUT2D eigenvalue weighted by atomic mass is 32.2. The lowest BCUT2D eigenvalue weighted by molar-refractivity contribution is -0.130. The van der Waals surface area contributed by atoms with Gasteiger partial charge in [0.1, 0.15) is 5.75 Å². The van der Waals surface area contributed by atoms with Crippen molar-refractivity contribution in [3.63, 3.8) is 0 Å². The number of nitrogens with one attached hydrogen (secondary N) is 2. The Labute approximate surface area is 135 Å². The van der Waals surface area contributed by atoms with Crippen LogP contribution in [-0.2, 0) is 19.4 Å². The summed E-state index contributed by atoms with van der Waals surface area (Å²) in [5, 5.41) is 0. The van der Waals surface area contributed by atoms with Crippen LogP contribution in [0.2, 0.25) is 0 Å². The molecule has 1 atom stereocenters. The fourth-order valence-electron chi connectivity index (χ4n) is 2.38. The molecule has 0 saturated carbocycles. The van der Waals surface area contributed by atoms with Crippen LogP contribution in [0, 0.1) is 12.8 Å². The molecule has 0 aliphatic carbocycles. The first-order valence-electron chi connectivity index (χ1n) is 7.31. The molecule has 2 rings (SSSR count). The van der Waals surface area contributed by atoms with Gasteiger partial charge in [-0.05, 0) is 37.0 Å². The summed E-state index contributed by atoms with van der Waals surface area (Å²) in [5.41, 5.74) is 5.54. The molecule has 1 aromatic rings. The molecular formula is C15H20N2O5S. The van der Waals surface area contributed by atoms with Gasteiger partial charge in [0, 0.05) is 6.42 Å². The highest BCUT2D eigenvalue weighted by Crippen LogP contribution is 2.21. The second-order valence-electron chi connectivity index (χ2n) is 5.67. The zero-order valence-electron chi connectivity index (χ0n) is 12.9. The normalized spacial score (nSPS) is 19.1. The number of hydrogen-bond acceptors (Lipinski definition) is 5. The van der Waals surface area contributed by atoms with E-state index in [2.05, 4.69) is 10.9 Å². The van der Waals surface area contributed by atoms with Crippen molar-refractivity contribution in [2.24, 2.45) is 5.92 Å². The molecule has 0 radical (unpaired) electrons. The number of benzene rings is 1. The summed E-state index contributed by atoms with van der Waals surface area (Å²) in [7, 11) is -3.00. The molecule has 0 bridgehead atoms. The number of sulfone groups is 1. The van der Waals surface area contributed by atoms with Crippen LogP contribution in [0.5, 0.6) is 5.75 Å². The summed E-state index contributed by atoms with van der Waals surface area (Å²) in [5.74, 6) is -0.343. The van der Waals surface area contributed by atoms with E-state index in [4.69, 9.17) is 4.74 Å². The van der Waals surface area contributed by atoms with Crippen molar-refractivity contribution in [1.82, 2.24) is 10.9 Å². The summed E-state index contributed by atoms with van der Waals surface area (Å²) in [6.45, 7) is 1.69. The van der Waals surface area contributed by atoms with E-state index < -0.39 is 21.7 Å². The highest BCUT2D eigenvalue weighted by Gasteiger charge is 2.29. The monoisotopic (exact) mass is 340 g/mol. The van der Waals surface area contributed by atoms with Crippen molar-refractivity contribution in [2.75, 3.05) is 18.1 Å². The molecular weight excluding hydrogens is 320 g/mol. The first-order valence-corrected chi connectivity index (χ1v) is 9.14. The zero-order chi connectivity index (χ0) is 16.9. The van der Waals surface area contributed by atoms with Crippen LogP contribution < -0.4 is 15.6 Å². The molecule has 8 heteroatoms. The van der Waals surface area contributed by atoms with Gasteiger partial charge in [0.25, 0.3) is 5.91 Å². The molecule has 1 aromatic carbocycles. The molecule has 1 aliphatic rings. The van der Waals surface area contributed by atoms with Crippen molar-refractivity contribution in [1.29, 1.82) is 0 Å². The minimum Gasteiger partial charge on any atom is -0.484 e. The summed E-state index contributed by atoms with van der Waals surface area (Å²) in [4.78, 5) is 23.3. The van der Waals surface area contributed by atoms with Gasteiger partial charge < -0.3 is 4.74 Å². The van der Waals surface area contributed by atoms with Gasteiger partial charge in [0.05, 0.1) is 11.5 Å². The van der Waals surface area contributed by atoms with Crippen molar-refractivity contribution in [2.45, 2.75) is 19.8 Å². The smallest absolute Gasteiger partial charge is 0.276 e. The van der Waals surface area contributed by atoms with Crippen LogP contribution >= 0.6 is 0 Å². The number of carbonyl (C=O) groups is 2. The van der Waals surface area contributed by atoms with Crippen LogP contribution in [0.15, 0.2) is 24.3 Å². The van der Waals surface area contributed by atoms with Gasteiger partial charge in [-0.2, -0.15) is 0 Å². The lowest BCUT2D eigenvalue weighted by Gasteiger charge is -2.11. The molecule has 1 aliphatic heterocycles. The van der Waals surface area contributed by atoms with E-state index in [1.165, 1.54) is 0 Å². The van der Waals surface area contributed by atoms with Gasteiger partial charge >= 0.3 is 0 Å². The number of carbonyl (C=O) groups excluding carboxylic acids is 2. The number of rotatable bonds is 5. The largest absolute Gasteiger partial charge is 0.484 e. The number of ether oxygens (including phenoxy) is 1. The average Bonchev–Trinajstić information content (AvgIpc) is 2.82. The number of hydrogen-bond donors (Lipinski definition) is 2. The lowest BCUT2D eigenvalue weighted by Crippen LogP contribution is -2.44. The number of hydrazine groups is 1. The number of amides is 2. The third-order valence-electron chi connectivity index (χ3n) is 3.50. The Balaban J connectivity index is 1.67. The van der Waals surface area contributed by atoms with Crippen molar-refractivity contribution < 1.29 is 22.7 Å². The Morgan fingerprint density at radius 2 is 2.00 bits per heavy atom. The van der Waals surface area contributed by atoms with E-state index in [0.717, 1.165) is 5.56 Å². The molecule has 2 N–H and O–H groups in total. The van der Waals surface area contributed by atoms with Gasteiger partial charge in [-0.15, -0.1) is 0 Å². The van der Waals surface area contributed by atoms with E-state index in [1.807, 2.05) is 19.1 Å². The van der Waals surface area contributed by atoms with Gasteiger partial charge in [-0.3, -0.25) is 20.4 Å². The van der Waals surface area contributed by atoms with Gasteiger partial charge in [0.2, 0.25) is 5.91 Å². The fourth-order valence-corrected chi connectivity index (χ4v) is 4.24. The lowest BCUT2D eigenvalue weighted by atomic mass is 10.1. The summed E-state index contributed by atoms with van der Waals surface area (Å²) >= 11 is 0. The number of aryl methyl sites for hydroxylation is 1. The Bertz CT molecular complexity index is 687. The maximum absolute atomic E-state index is 11.7. The average molecular weight is 340 g/mol. The molecule has 1 saturated heterocycles. The molecule has 0 aromatic heterocycles. The van der Waals surface area contributed by atoms with Crippen LogP contribution in [0.1, 0.15) is 18.4 Å². The molecule has 2 amide bonds. The molecule has 126 valence electrons. The van der Waals surface area contributed by atoms with E-state index in [1.54, 1.807) is 12.1 Å². The third-order valence-corrected chi connectivity index (χ3v) is 5.34.